The van der Waals surface area contributed by atoms with E-state index in [-0.39, 0.29) is 18.2 Å². The molecule has 2 aliphatic heterocycles. The van der Waals surface area contributed by atoms with Crippen LogP contribution in [0.2, 0.25) is 0 Å². The molecule has 1 unspecified atom stereocenters. The highest BCUT2D eigenvalue weighted by atomic mass is 16.6. The summed E-state index contributed by atoms with van der Waals surface area (Å²) < 4.78 is 7.46. The van der Waals surface area contributed by atoms with Gasteiger partial charge in [-0.2, -0.15) is 5.10 Å². The molecule has 0 spiro atoms. The topological polar surface area (TPSA) is 79.3 Å². The molecule has 1 N–H and O–H groups in total. The number of ether oxygens (including phenoxy) is 1. The highest BCUT2D eigenvalue weighted by Gasteiger charge is 2.44. The Labute approximate surface area is 175 Å². The van der Waals surface area contributed by atoms with Crippen molar-refractivity contribution in [2.75, 3.05) is 18.0 Å². The number of anilines is 1. The van der Waals surface area contributed by atoms with Gasteiger partial charge in [-0.1, -0.05) is 0 Å². The standard InChI is InChI=1S/C22H28N6O2/c1-22(2,3)30-21(29)28-15-5-6-16(28)13-27(12-15)19-7-8-23-20-17(19)9-18(25-20)14-10-24-26(4)11-14/h7-11,15-16H,5-6,12-13H2,1-4H3,(H,23,25)/t15-,16?/m1/s1. The second-order valence-corrected chi connectivity index (χ2v) is 9.36. The lowest BCUT2D eigenvalue weighted by molar-refractivity contribution is 0.0123. The molecule has 0 aliphatic carbocycles. The number of hydrogen-bond donors (Lipinski definition) is 1. The summed E-state index contributed by atoms with van der Waals surface area (Å²) in [6, 6.07) is 4.58. The van der Waals surface area contributed by atoms with Crippen molar-refractivity contribution >= 4 is 22.8 Å². The van der Waals surface area contributed by atoms with Crippen LogP contribution >= 0.6 is 0 Å². The van der Waals surface area contributed by atoms with Crippen LogP contribution in [-0.4, -0.2) is 61.5 Å². The number of carbonyl (C=O) groups is 1. The number of carbonyl (C=O) groups excluding carboxylic acids is 1. The molecule has 0 radical (unpaired) electrons. The Hall–Kier alpha value is -3.03. The molecular formula is C22H28N6O2. The molecule has 0 saturated carbocycles. The monoisotopic (exact) mass is 408 g/mol. The molecule has 8 nitrogen and oxygen atoms in total. The first-order valence-electron chi connectivity index (χ1n) is 10.5. The second-order valence-electron chi connectivity index (χ2n) is 9.36. The number of nitrogens with zero attached hydrogens (tertiary/aromatic N) is 5. The summed E-state index contributed by atoms with van der Waals surface area (Å²) in [6.07, 6.45) is 7.54. The second kappa shape index (κ2) is 6.75. The summed E-state index contributed by atoms with van der Waals surface area (Å²) >= 11 is 0. The number of amides is 1. The summed E-state index contributed by atoms with van der Waals surface area (Å²) in [5.74, 6) is 0. The van der Waals surface area contributed by atoms with Crippen LogP contribution in [-0.2, 0) is 11.8 Å². The molecule has 8 heteroatoms. The molecule has 5 heterocycles. The van der Waals surface area contributed by atoms with Gasteiger partial charge in [0.25, 0.3) is 0 Å². The normalized spacial score (nSPS) is 21.5. The number of hydrogen-bond acceptors (Lipinski definition) is 5. The van der Waals surface area contributed by atoms with Crippen LogP contribution in [0.1, 0.15) is 33.6 Å². The smallest absolute Gasteiger partial charge is 0.410 e. The van der Waals surface area contributed by atoms with Crippen LogP contribution < -0.4 is 4.90 Å². The molecule has 3 aromatic heterocycles. The average molecular weight is 409 g/mol. The molecule has 0 aromatic carbocycles. The van der Waals surface area contributed by atoms with E-state index >= 15 is 0 Å². The van der Waals surface area contributed by atoms with Crippen LogP contribution in [0.5, 0.6) is 0 Å². The lowest BCUT2D eigenvalue weighted by Crippen LogP contribution is -2.56. The van der Waals surface area contributed by atoms with E-state index in [0.717, 1.165) is 53.9 Å². The third-order valence-corrected chi connectivity index (χ3v) is 5.95. The maximum absolute atomic E-state index is 12.8. The minimum atomic E-state index is -0.473. The first kappa shape index (κ1) is 19.0. The maximum Gasteiger partial charge on any atom is 0.410 e. The van der Waals surface area contributed by atoms with E-state index in [0.29, 0.717) is 0 Å². The number of aromatic nitrogens is 4. The number of H-pyrrole nitrogens is 1. The van der Waals surface area contributed by atoms with E-state index < -0.39 is 5.60 Å². The third-order valence-electron chi connectivity index (χ3n) is 5.95. The van der Waals surface area contributed by atoms with Gasteiger partial charge in [-0.15, -0.1) is 0 Å². The number of nitrogens with one attached hydrogen (secondary N) is 1. The van der Waals surface area contributed by atoms with Crippen molar-refractivity contribution in [3.63, 3.8) is 0 Å². The minimum absolute atomic E-state index is 0.179. The largest absolute Gasteiger partial charge is 0.444 e. The predicted octanol–water partition coefficient (Wildman–Crippen LogP) is 3.55. The van der Waals surface area contributed by atoms with Crippen LogP contribution in [0.15, 0.2) is 30.7 Å². The molecule has 5 rings (SSSR count). The van der Waals surface area contributed by atoms with Crippen molar-refractivity contribution in [1.82, 2.24) is 24.6 Å². The Morgan fingerprint density at radius 3 is 2.60 bits per heavy atom. The van der Waals surface area contributed by atoms with E-state index in [1.807, 2.05) is 51.3 Å². The first-order valence-corrected chi connectivity index (χ1v) is 10.5. The number of piperazine rings is 1. The van der Waals surface area contributed by atoms with Gasteiger partial charge in [0.1, 0.15) is 11.2 Å². The number of aryl methyl sites for hydroxylation is 1. The molecule has 2 fully saturated rings. The molecule has 2 atom stereocenters. The van der Waals surface area contributed by atoms with Gasteiger partial charge in [-0.25, -0.2) is 9.78 Å². The minimum Gasteiger partial charge on any atom is -0.444 e. The number of rotatable bonds is 2. The fourth-order valence-electron chi connectivity index (χ4n) is 4.72. The highest BCUT2D eigenvalue weighted by molar-refractivity contribution is 5.94. The summed E-state index contributed by atoms with van der Waals surface area (Å²) in [5.41, 5.74) is 3.60. The molecule has 1 amide bonds. The summed E-state index contributed by atoms with van der Waals surface area (Å²) in [7, 11) is 1.91. The Morgan fingerprint density at radius 1 is 1.23 bits per heavy atom. The number of pyridine rings is 1. The zero-order chi connectivity index (χ0) is 21.0. The lowest BCUT2D eigenvalue weighted by atomic mass is 10.1. The van der Waals surface area contributed by atoms with E-state index in [1.54, 1.807) is 4.68 Å². The summed E-state index contributed by atoms with van der Waals surface area (Å²) in [6.45, 7) is 7.37. The predicted molar refractivity (Wildman–Crippen MR) is 115 cm³/mol. The van der Waals surface area contributed by atoms with Crippen molar-refractivity contribution in [3.05, 3.63) is 30.7 Å². The molecular weight excluding hydrogens is 380 g/mol. The van der Waals surface area contributed by atoms with Crippen LogP contribution in [0.4, 0.5) is 10.5 Å². The van der Waals surface area contributed by atoms with Gasteiger partial charge in [0, 0.05) is 49.2 Å². The van der Waals surface area contributed by atoms with E-state index in [9.17, 15) is 4.79 Å². The van der Waals surface area contributed by atoms with Crippen molar-refractivity contribution < 1.29 is 9.53 Å². The van der Waals surface area contributed by atoms with Crippen molar-refractivity contribution in [2.45, 2.75) is 51.3 Å². The maximum atomic E-state index is 12.8. The quantitative estimate of drug-likeness (QED) is 0.701. The van der Waals surface area contributed by atoms with E-state index in [1.165, 1.54) is 0 Å². The van der Waals surface area contributed by atoms with Gasteiger partial charge in [0.15, 0.2) is 0 Å². The third kappa shape index (κ3) is 3.30. The Morgan fingerprint density at radius 2 is 1.97 bits per heavy atom. The Kier molecular flexibility index (Phi) is 4.27. The fourth-order valence-corrected chi connectivity index (χ4v) is 4.72. The van der Waals surface area contributed by atoms with Gasteiger partial charge >= 0.3 is 6.09 Å². The van der Waals surface area contributed by atoms with Crippen LogP contribution in [0.3, 0.4) is 0 Å². The van der Waals surface area contributed by atoms with Crippen molar-refractivity contribution in [3.8, 4) is 11.3 Å². The van der Waals surface area contributed by atoms with E-state index in [4.69, 9.17) is 4.74 Å². The van der Waals surface area contributed by atoms with E-state index in [2.05, 4.69) is 32.1 Å². The molecule has 2 saturated heterocycles. The highest BCUT2D eigenvalue weighted by Crippen LogP contribution is 2.37. The summed E-state index contributed by atoms with van der Waals surface area (Å²) in [4.78, 5) is 25.1. The van der Waals surface area contributed by atoms with Crippen LogP contribution in [0, 0.1) is 0 Å². The Balaban J connectivity index is 1.42. The molecule has 2 bridgehead atoms. The zero-order valence-corrected chi connectivity index (χ0v) is 17.9. The van der Waals surface area contributed by atoms with Gasteiger partial charge in [0.2, 0.25) is 0 Å². The van der Waals surface area contributed by atoms with Gasteiger partial charge in [-0.05, 0) is 45.7 Å². The van der Waals surface area contributed by atoms with Gasteiger partial charge in [-0.3, -0.25) is 9.58 Å². The first-order chi connectivity index (χ1) is 14.3. The number of aromatic amines is 1. The summed E-state index contributed by atoms with van der Waals surface area (Å²) in [5, 5.41) is 5.37. The Bertz CT molecular complexity index is 1080. The molecule has 2 aliphatic rings. The molecule has 158 valence electrons. The number of fused-ring (bicyclic) bond motifs is 3. The SMILES string of the molecule is Cn1cc(-c2cc3c(N4CC5CC[C@H](C4)N5C(=O)OC(C)(C)C)ccnc3[nH]2)cn1. The molecule has 3 aromatic rings. The zero-order valence-electron chi connectivity index (χ0n) is 17.9. The van der Waals surface area contributed by atoms with Crippen molar-refractivity contribution in [1.29, 1.82) is 0 Å². The molecule has 30 heavy (non-hydrogen) atoms. The lowest BCUT2D eigenvalue weighted by Gasteiger charge is -2.42. The van der Waals surface area contributed by atoms with Gasteiger partial charge < -0.3 is 14.6 Å². The average Bonchev–Trinajstić information content (AvgIpc) is 3.35. The van der Waals surface area contributed by atoms with Gasteiger partial charge in [0.05, 0.1) is 24.0 Å². The van der Waals surface area contributed by atoms with Crippen LogP contribution in [0.25, 0.3) is 22.3 Å². The fraction of sp³-hybridized carbons (Fsp3) is 0.500. The van der Waals surface area contributed by atoms with Crippen molar-refractivity contribution in [2.24, 2.45) is 7.05 Å².